The molecular formula is C13H17N5O2S. The summed E-state index contributed by atoms with van der Waals surface area (Å²) in [6, 6.07) is 6.84. The minimum Gasteiger partial charge on any atom is -0.381 e. The lowest BCUT2D eigenvalue weighted by Crippen LogP contribution is -2.38. The maximum Gasteiger partial charge on any atom is 0.263 e. The molecule has 21 heavy (non-hydrogen) atoms. The van der Waals surface area contributed by atoms with Gasteiger partial charge in [0.2, 0.25) is 0 Å². The smallest absolute Gasteiger partial charge is 0.263 e. The maximum absolute atomic E-state index is 12.9. The van der Waals surface area contributed by atoms with Crippen LogP contribution in [0.1, 0.15) is 20.3 Å². The topological polar surface area (TPSA) is 104 Å². The van der Waals surface area contributed by atoms with Crippen LogP contribution in [-0.2, 0) is 10.0 Å². The van der Waals surface area contributed by atoms with Crippen molar-refractivity contribution >= 4 is 21.5 Å². The molecule has 2 heterocycles. The third-order valence-corrected chi connectivity index (χ3v) is 5.20. The Morgan fingerprint density at radius 3 is 2.81 bits per heavy atom. The van der Waals surface area contributed by atoms with Gasteiger partial charge in [-0.3, -0.25) is 4.40 Å². The Labute approximate surface area is 123 Å². The van der Waals surface area contributed by atoms with E-state index in [-0.39, 0.29) is 29.9 Å². The number of nitrogens with two attached hydrogens (primary N) is 1. The van der Waals surface area contributed by atoms with E-state index in [0.29, 0.717) is 5.65 Å². The number of pyridine rings is 1. The SMILES string of the molecule is CC(C)N(CCC#N)S(=O)(=O)c1c(N)nc2ccccn12. The molecule has 0 fully saturated rings. The molecule has 0 aliphatic heterocycles. The van der Waals surface area contributed by atoms with Crippen molar-refractivity contribution in [2.45, 2.75) is 31.3 Å². The van der Waals surface area contributed by atoms with Crippen molar-refractivity contribution in [2.24, 2.45) is 0 Å². The molecule has 0 radical (unpaired) electrons. The Morgan fingerprint density at radius 1 is 1.48 bits per heavy atom. The Morgan fingerprint density at radius 2 is 2.19 bits per heavy atom. The van der Waals surface area contributed by atoms with Gasteiger partial charge in [0.25, 0.3) is 10.0 Å². The van der Waals surface area contributed by atoms with Crippen molar-refractivity contribution < 1.29 is 8.42 Å². The van der Waals surface area contributed by atoms with E-state index in [1.165, 1.54) is 8.71 Å². The second kappa shape index (κ2) is 5.71. The number of sulfonamides is 1. The summed E-state index contributed by atoms with van der Waals surface area (Å²) in [5.41, 5.74) is 6.27. The van der Waals surface area contributed by atoms with Gasteiger partial charge < -0.3 is 5.73 Å². The molecule has 0 saturated heterocycles. The predicted octanol–water partition coefficient (Wildman–Crippen LogP) is 1.23. The van der Waals surface area contributed by atoms with Crippen LogP contribution >= 0.6 is 0 Å². The maximum atomic E-state index is 12.9. The van der Waals surface area contributed by atoms with Crippen molar-refractivity contribution in [3.63, 3.8) is 0 Å². The summed E-state index contributed by atoms with van der Waals surface area (Å²) in [4.78, 5) is 4.07. The van der Waals surface area contributed by atoms with Crippen molar-refractivity contribution in [3.05, 3.63) is 24.4 Å². The average molecular weight is 307 g/mol. The lowest BCUT2D eigenvalue weighted by Gasteiger charge is -2.24. The predicted molar refractivity (Wildman–Crippen MR) is 78.9 cm³/mol. The van der Waals surface area contributed by atoms with Crippen LogP contribution in [0.25, 0.3) is 5.65 Å². The van der Waals surface area contributed by atoms with Crippen molar-refractivity contribution in [3.8, 4) is 6.07 Å². The molecule has 2 N–H and O–H groups in total. The summed E-state index contributed by atoms with van der Waals surface area (Å²) in [5, 5.41) is 8.65. The Kier molecular flexibility index (Phi) is 4.16. The highest BCUT2D eigenvalue weighted by Crippen LogP contribution is 2.25. The summed E-state index contributed by atoms with van der Waals surface area (Å²) >= 11 is 0. The summed E-state index contributed by atoms with van der Waals surface area (Å²) in [5.74, 6) is -0.0381. The van der Waals surface area contributed by atoms with E-state index in [0.717, 1.165) is 0 Å². The minimum absolute atomic E-state index is 0.0381. The number of fused-ring (bicyclic) bond motifs is 1. The fraction of sp³-hybridized carbons (Fsp3) is 0.385. The molecule has 7 nitrogen and oxygen atoms in total. The molecule has 112 valence electrons. The molecule has 8 heteroatoms. The van der Waals surface area contributed by atoms with Gasteiger partial charge in [-0.05, 0) is 26.0 Å². The lowest BCUT2D eigenvalue weighted by atomic mass is 10.3. The minimum atomic E-state index is -3.83. The monoisotopic (exact) mass is 307 g/mol. The van der Waals surface area contributed by atoms with Gasteiger partial charge >= 0.3 is 0 Å². The first-order chi connectivity index (χ1) is 9.89. The van der Waals surface area contributed by atoms with Crippen LogP contribution in [0.4, 0.5) is 5.82 Å². The number of imidazole rings is 1. The van der Waals surface area contributed by atoms with Crippen molar-refractivity contribution in [1.82, 2.24) is 13.7 Å². The molecule has 0 spiro atoms. The second-order valence-corrected chi connectivity index (χ2v) is 6.65. The first kappa shape index (κ1) is 15.3. The molecule has 0 bridgehead atoms. The van der Waals surface area contributed by atoms with Gasteiger partial charge in [0.1, 0.15) is 5.65 Å². The fourth-order valence-electron chi connectivity index (χ4n) is 2.18. The van der Waals surface area contributed by atoms with Gasteiger partial charge in [0.05, 0.1) is 6.07 Å². The quantitative estimate of drug-likeness (QED) is 0.894. The Hall–Kier alpha value is -2.11. The molecule has 0 saturated carbocycles. The lowest BCUT2D eigenvalue weighted by molar-refractivity contribution is 0.359. The molecule has 0 aromatic carbocycles. The van der Waals surface area contributed by atoms with Gasteiger partial charge in [0.15, 0.2) is 10.8 Å². The molecule has 0 aliphatic carbocycles. The normalized spacial score (nSPS) is 12.1. The molecular weight excluding hydrogens is 290 g/mol. The first-order valence-electron chi connectivity index (χ1n) is 6.51. The molecule has 0 unspecified atom stereocenters. The highest BCUT2D eigenvalue weighted by atomic mass is 32.2. The van der Waals surface area contributed by atoms with E-state index in [1.807, 2.05) is 6.07 Å². The molecule has 0 atom stereocenters. The van der Waals surface area contributed by atoms with E-state index in [9.17, 15) is 8.42 Å². The van der Waals surface area contributed by atoms with Crippen LogP contribution in [0.2, 0.25) is 0 Å². The zero-order valence-electron chi connectivity index (χ0n) is 11.9. The fourth-order valence-corrected chi connectivity index (χ4v) is 4.00. The zero-order valence-corrected chi connectivity index (χ0v) is 12.7. The van der Waals surface area contributed by atoms with E-state index < -0.39 is 10.0 Å². The highest BCUT2D eigenvalue weighted by molar-refractivity contribution is 7.89. The number of hydrogen-bond donors (Lipinski definition) is 1. The molecule has 2 aromatic rings. The van der Waals surface area contributed by atoms with Crippen molar-refractivity contribution in [2.75, 3.05) is 12.3 Å². The second-order valence-electron chi connectivity index (χ2n) is 4.85. The largest absolute Gasteiger partial charge is 0.381 e. The molecule has 2 aromatic heterocycles. The third-order valence-electron chi connectivity index (χ3n) is 3.08. The average Bonchev–Trinajstić information content (AvgIpc) is 2.74. The summed E-state index contributed by atoms with van der Waals surface area (Å²) in [6.45, 7) is 3.64. The van der Waals surface area contributed by atoms with Crippen LogP contribution in [-0.4, -0.2) is 34.7 Å². The summed E-state index contributed by atoms with van der Waals surface area (Å²) in [7, 11) is -3.83. The van der Waals surface area contributed by atoms with Gasteiger partial charge in [-0.1, -0.05) is 6.07 Å². The number of aromatic nitrogens is 2. The van der Waals surface area contributed by atoms with E-state index in [1.54, 1.807) is 38.2 Å². The zero-order chi connectivity index (χ0) is 15.6. The molecule has 0 amide bonds. The summed E-state index contributed by atoms with van der Waals surface area (Å²) in [6.07, 6.45) is 1.72. The van der Waals surface area contributed by atoms with E-state index in [2.05, 4.69) is 4.98 Å². The highest BCUT2D eigenvalue weighted by Gasteiger charge is 2.32. The Balaban J connectivity index is 2.60. The van der Waals surface area contributed by atoms with Gasteiger partial charge in [-0.15, -0.1) is 0 Å². The van der Waals surface area contributed by atoms with Crippen LogP contribution < -0.4 is 5.73 Å². The number of anilines is 1. The van der Waals surface area contributed by atoms with Crippen LogP contribution in [0.15, 0.2) is 29.4 Å². The third kappa shape index (κ3) is 2.70. The molecule has 2 rings (SSSR count). The van der Waals surface area contributed by atoms with Crippen LogP contribution in [0.3, 0.4) is 0 Å². The van der Waals surface area contributed by atoms with Gasteiger partial charge in [0, 0.05) is 25.2 Å². The van der Waals surface area contributed by atoms with Crippen LogP contribution in [0, 0.1) is 11.3 Å². The van der Waals surface area contributed by atoms with E-state index >= 15 is 0 Å². The first-order valence-corrected chi connectivity index (χ1v) is 7.95. The number of hydrogen-bond acceptors (Lipinski definition) is 5. The van der Waals surface area contributed by atoms with E-state index in [4.69, 9.17) is 11.0 Å². The molecule has 0 aliphatic rings. The number of nitrogen functional groups attached to an aromatic ring is 1. The van der Waals surface area contributed by atoms with Gasteiger partial charge in [-0.2, -0.15) is 9.57 Å². The number of rotatable bonds is 5. The van der Waals surface area contributed by atoms with Crippen LogP contribution in [0.5, 0.6) is 0 Å². The van der Waals surface area contributed by atoms with Crippen molar-refractivity contribution in [1.29, 1.82) is 5.26 Å². The Bertz CT molecular complexity index is 788. The standard InChI is InChI=1S/C13H17N5O2S/c1-10(2)18(9-5-7-14)21(19,20)13-12(15)16-11-6-3-4-8-17(11)13/h3-4,6,8,10H,5,9,15H2,1-2H3. The number of nitriles is 1. The van der Waals surface area contributed by atoms with Gasteiger partial charge in [-0.25, -0.2) is 13.4 Å². The summed E-state index contributed by atoms with van der Waals surface area (Å²) < 4.78 is 28.4. The number of nitrogens with zero attached hydrogens (tertiary/aromatic N) is 4.